The Bertz CT molecular complexity index is 784. The molecule has 0 saturated carbocycles. The van der Waals surface area contributed by atoms with Crippen LogP contribution >= 0.6 is 0 Å². The van der Waals surface area contributed by atoms with Crippen molar-refractivity contribution in [3.8, 4) is 0 Å². The summed E-state index contributed by atoms with van der Waals surface area (Å²) >= 11 is 0. The van der Waals surface area contributed by atoms with Crippen LogP contribution in [0.1, 0.15) is 18.2 Å². The lowest BCUT2D eigenvalue weighted by molar-refractivity contribution is 0.133. The average molecular weight is 349 g/mol. The van der Waals surface area contributed by atoms with Gasteiger partial charge in [-0.15, -0.1) is 0 Å². The summed E-state index contributed by atoms with van der Waals surface area (Å²) in [7, 11) is -1.91. The summed E-state index contributed by atoms with van der Waals surface area (Å²) < 4.78 is 34.8. The Kier molecular flexibility index (Phi) is 5.03. The molecule has 0 amide bonds. The molecule has 0 N–H and O–H groups in total. The number of sulfonamides is 1. The van der Waals surface area contributed by atoms with Gasteiger partial charge in [0.25, 0.3) is 0 Å². The first-order chi connectivity index (χ1) is 11.5. The van der Waals surface area contributed by atoms with Gasteiger partial charge in [-0.2, -0.15) is 9.40 Å². The van der Waals surface area contributed by atoms with Gasteiger partial charge in [-0.3, -0.25) is 4.68 Å². The molecule has 3 rings (SSSR count). The second-order valence-corrected chi connectivity index (χ2v) is 8.06. The summed E-state index contributed by atoms with van der Waals surface area (Å²) in [6, 6.07) is 9.02. The number of rotatable bonds is 5. The van der Waals surface area contributed by atoms with Crippen molar-refractivity contribution in [2.24, 2.45) is 5.92 Å². The number of ether oxygens (including phenoxy) is 1. The number of fused-ring (bicyclic) bond motifs is 1. The lowest BCUT2D eigenvalue weighted by Gasteiger charge is -2.23. The molecule has 2 aromatic rings. The Morgan fingerprint density at radius 3 is 2.62 bits per heavy atom. The molecule has 0 saturated heterocycles. The first-order valence-electron chi connectivity index (χ1n) is 8.13. The Morgan fingerprint density at radius 1 is 1.21 bits per heavy atom. The minimum Gasteiger partial charge on any atom is -0.384 e. The van der Waals surface area contributed by atoms with E-state index < -0.39 is 10.0 Å². The molecule has 130 valence electrons. The van der Waals surface area contributed by atoms with Crippen LogP contribution in [-0.2, 0) is 34.3 Å². The summed E-state index contributed by atoms with van der Waals surface area (Å²) in [5.41, 5.74) is 2.03. The monoisotopic (exact) mass is 349 g/mol. The fraction of sp³-hybridized carbons (Fsp3) is 0.471. The SMILES string of the molecule is CCc1ccc(S(=O)(=O)N2Cc3ccnn3CC(COC)C2)cc1. The first kappa shape index (κ1) is 17.1. The molecular weight excluding hydrogens is 326 g/mol. The molecule has 7 heteroatoms. The quantitative estimate of drug-likeness (QED) is 0.827. The van der Waals surface area contributed by atoms with Crippen LogP contribution in [0, 0.1) is 5.92 Å². The van der Waals surface area contributed by atoms with Crippen molar-refractivity contribution in [3.63, 3.8) is 0 Å². The molecule has 1 aromatic carbocycles. The number of methoxy groups -OCH3 is 1. The molecule has 6 nitrogen and oxygen atoms in total. The maximum absolute atomic E-state index is 13.1. The Morgan fingerprint density at radius 2 is 1.96 bits per heavy atom. The van der Waals surface area contributed by atoms with Crippen molar-refractivity contribution in [2.45, 2.75) is 31.3 Å². The second kappa shape index (κ2) is 7.04. The minimum absolute atomic E-state index is 0.0702. The van der Waals surface area contributed by atoms with Crippen molar-refractivity contribution >= 4 is 10.0 Å². The van der Waals surface area contributed by atoms with Crippen LogP contribution in [0.5, 0.6) is 0 Å². The number of aryl methyl sites for hydroxylation is 1. The molecule has 0 aliphatic carbocycles. The highest BCUT2D eigenvalue weighted by molar-refractivity contribution is 7.89. The Hall–Kier alpha value is -1.70. The van der Waals surface area contributed by atoms with Gasteiger partial charge in [0.05, 0.1) is 23.7 Å². The van der Waals surface area contributed by atoms with E-state index in [1.54, 1.807) is 25.4 Å². The van der Waals surface area contributed by atoms with E-state index >= 15 is 0 Å². The van der Waals surface area contributed by atoms with Gasteiger partial charge >= 0.3 is 0 Å². The third-order valence-electron chi connectivity index (χ3n) is 4.41. The summed E-state index contributed by atoms with van der Waals surface area (Å²) in [6.45, 7) is 3.97. The average Bonchev–Trinajstić information content (AvgIpc) is 2.93. The minimum atomic E-state index is -3.55. The van der Waals surface area contributed by atoms with Crippen LogP contribution < -0.4 is 0 Å². The zero-order valence-corrected chi connectivity index (χ0v) is 14.9. The van der Waals surface area contributed by atoms with Crippen LogP contribution in [0.2, 0.25) is 0 Å². The van der Waals surface area contributed by atoms with Crippen LogP contribution in [0.4, 0.5) is 0 Å². The highest BCUT2D eigenvalue weighted by Crippen LogP contribution is 2.24. The zero-order chi connectivity index (χ0) is 17.2. The van der Waals surface area contributed by atoms with Crippen LogP contribution in [0.25, 0.3) is 0 Å². The molecular formula is C17H23N3O3S. The molecule has 1 aliphatic heterocycles. The van der Waals surface area contributed by atoms with Gasteiger partial charge in [-0.25, -0.2) is 8.42 Å². The molecule has 0 bridgehead atoms. The summed E-state index contributed by atoms with van der Waals surface area (Å²) in [5, 5.41) is 4.30. The predicted octanol–water partition coefficient (Wildman–Crippen LogP) is 1.91. The summed E-state index contributed by atoms with van der Waals surface area (Å²) in [5.74, 6) is 0.0702. The third-order valence-corrected chi connectivity index (χ3v) is 6.23. The number of hydrogen-bond acceptors (Lipinski definition) is 4. The van der Waals surface area contributed by atoms with E-state index in [1.165, 1.54) is 4.31 Å². The number of nitrogens with zero attached hydrogens (tertiary/aromatic N) is 3. The second-order valence-electron chi connectivity index (χ2n) is 6.12. The van der Waals surface area contributed by atoms with Gasteiger partial charge in [0.1, 0.15) is 0 Å². The van der Waals surface area contributed by atoms with Crippen molar-refractivity contribution in [3.05, 3.63) is 47.8 Å². The van der Waals surface area contributed by atoms with E-state index in [0.29, 0.717) is 31.1 Å². The smallest absolute Gasteiger partial charge is 0.243 e. The molecule has 1 unspecified atom stereocenters. The highest BCUT2D eigenvalue weighted by atomic mass is 32.2. The Labute approximate surface area is 143 Å². The van der Waals surface area contributed by atoms with Crippen LogP contribution in [0.15, 0.2) is 41.4 Å². The molecule has 0 spiro atoms. The van der Waals surface area contributed by atoms with E-state index in [1.807, 2.05) is 22.9 Å². The fourth-order valence-electron chi connectivity index (χ4n) is 3.06. The maximum atomic E-state index is 13.1. The Balaban J connectivity index is 1.93. The lowest BCUT2D eigenvalue weighted by Crippen LogP contribution is -2.35. The van der Waals surface area contributed by atoms with Crippen molar-refractivity contribution < 1.29 is 13.2 Å². The van der Waals surface area contributed by atoms with Gasteiger partial charge in [-0.1, -0.05) is 19.1 Å². The van der Waals surface area contributed by atoms with E-state index in [4.69, 9.17) is 4.74 Å². The molecule has 1 aliphatic rings. The van der Waals surface area contributed by atoms with E-state index in [-0.39, 0.29) is 5.92 Å². The standard InChI is InChI=1S/C17H23N3O3S/c1-3-14-4-6-17(7-5-14)24(21,22)19-10-15(13-23-2)11-20-16(12-19)8-9-18-20/h4-9,15H,3,10-13H2,1-2H3. The molecule has 24 heavy (non-hydrogen) atoms. The third kappa shape index (κ3) is 3.38. The van der Waals surface area contributed by atoms with Crippen molar-refractivity contribution in [1.29, 1.82) is 0 Å². The van der Waals surface area contributed by atoms with Crippen LogP contribution in [0.3, 0.4) is 0 Å². The van der Waals surface area contributed by atoms with Crippen LogP contribution in [-0.4, -0.2) is 42.8 Å². The first-order valence-corrected chi connectivity index (χ1v) is 9.57. The topological polar surface area (TPSA) is 64.4 Å². The summed E-state index contributed by atoms with van der Waals surface area (Å²) in [4.78, 5) is 0.337. The highest BCUT2D eigenvalue weighted by Gasteiger charge is 2.31. The lowest BCUT2D eigenvalue weighted by atomic mass is 10.1. The fourth-order valence-corrected chi connectivity index (χ4v) is 4.55. The molecule has 0 fully saturated rings. The summed E-state index contributed by atoms with van der Waals surface area (Å²) in [6.07, 6.45) is 2.60. The van der Waals surface area contributed by atoms with Gasteiger partial charge in [0.15, 0.2) is 0 Å². The molecule has 1 atom stereocenters. The van der Waals surface area contributed by atoms with Gasteiger partial charge in [0.2, 0.25) is 10.0 Å². The predicted molar refractivity (Wildman–Crippen MR) is 91.0 cm³/mol. The maximum Gasteiger partial charge on any atom is 0.243 e. The molecule has 0 radical (unpaired) electrons. The van der Waals surface area contributed by atoms with E-state index in [0.717, 1.165) is 17.7 Å². The van der Waals surface area contributed by atoms with E-state index in [2.05, 4.69) is 12.0 Å². The van der Waals surface area contributed by atoms with Gasteiger partial charge in [0, 0.05) is 32.3 Å². The van der Waals surface area contributed by atoms with Gasteiger partial charge < -0.3 is 4.74 Å². The van der Waals surface area contributed by atoms with Crippen molar-refractivity contribution in [1.82, 2.24) is 14.1 Å². The van der Waals surface area contributed by atoms with E-state index in [9.17, 15) is 8.42 Å². The zero-order valence-electron chi connectivity index (χ0n) is 14.1. The molecule has 2 heterocycles. The van der Waals surface area contributed by atoms with Gasteiger partial charge in [-0.05, 0) is 30.2 Å². The molecule has 1 aromatic heterocycles. The van der Waals surface area contributed by atoms with Crippen molar-refractivity contribution in [2.75, 3.05) is 20.3 Å². The number of aromatic nitrogens is 2. The number of benzene rings is 1. The number of hydrogen-bond donors (Lipinski definition) is 0. The normalized spacial score (nSPS) is 19.0. The largest absolute Gasteiger partial charge is 0.384 e.